The molecule has 0 spiro atoms. The van der Waals surface area contributed by atoms with Crippen molar-refractivity contribution in [3.05, 3.63) is 83.3 Å². The van der Waals surface area contributed by atoms with Gasteiger partial charge in [0.15, 0.2) is 0 Å². The fourth-order valence-electron chi connectivity index (χ4n) is 4.40. The van der Waals surface area contributed by atoms with E-state index in [1.165, 1.54) is 0 Å². The Morgan fingerprint density at radius 2 is 1.79 bits per heavy atom. The predicted octanol–water partition coefficient (Wildman–Crippen LogP) is 4.14. The summed E-state index contributed by atoms with van der Waals surface area (Å²) in [5.41, 5.74) is 2.62. The standard InChI is InChI=1S/C25H25ClN4O3/c26-19-9-7-18(8-10-19)20-16-22(24-6-3-15-33-24)30(27-20)25(32)17-28-11-13-29(14-12-28)21-4-1-2-5-23(21)31/h1-10,15,22,31H,11-14,16-17H2/t22-/m0/s1. The average Bonchev–Trinajstić information content (AvgIpc) is 3.51. The Bertz CT molecular complexity index is 1140. The first-order valence-corrected chi connectivity index (χ1v) is 11.4. The number of phenols is 1. The SMILES string of the molecule is O=C(CN1CCN(c2ccccc2O)CC1)N1N=C(c2ccc(Cl)cc2)C[C@H]1c1ccco1. The number of benzene rings is 2. The van der Waals surface area contributed by atoms with Crippen molar-refractivity contribution in [3.8, 4) is 5.75 Å². The van der Waals surface area contributed by atoms with E-state index in [9.17, 15) is 9.90 Å². The molecule has 3 aromatic rings. The number of nitrogens with zero attached hydrogens (tertiary/aromatic N) is 4. The summed E-state index contributed by atoms with van der Waals surface area (Å²) in [5, 5.41) is 17.0. The van der Waals surface area contributed by atoms with Crippen molar-refractivity contribution in [1.82, 2.24) is 9.91 Å². The molecule has 3 heterocycles. The number of carbonyl (C=O) groups excluding carboxylic acids is 1. The van der Waals surface area contributed by atoms with E-state index < -0.39 is 0 Å². The molecule has 1 N–H and O–H groups in total. The first kappa shape index (κ1) is 21.6. The fourth-order valence-corrected chi connectivity index (χ4v) is 4.53. The van der Waals surface area contributed by atoms with Crippen LogP contribution in [0.1, 0.15) is 23.8 Å². The Kier molecular flexibility index (Phi) is 6.07. The Morgan fingerprint density at radius 1 is 1.03 bits per heavy atom. The van der Waals surface area contributed by atoms with Crippen molar-refractivity contribution >= 4 is 28.9 Å². The van der Waals surface area contributed by atoms with Crippen LogP contribution in [0.25, 0.3) is 0 Å². The van der Waals surface area contributed by atoms with Crippen LogP contribution in [-0.4, -0.2) is 59.4 Å². The van der Waals surface area contributed by atoms with E-state index in [2.05, 4.69) is 9.80 Å². The normalized spacial score (nSPS) is 19.1. The van der Waals surface area contributed by atoms with Gasteiger partial charge in [-0.3, -0.25) is 9.69 Å². The molecule has 0 radical (unpaired) electrons. The second-order valence-corrected chi connectivity index (χ2v) is 8.72. The maximum absolute atomic E-state index is 13.3. The van der Waals surface area contributed by atoms with E-state index in [-0.39, 0.29) is 24.2 Å². The number of piperazine rings is 1. The third-order valence-corrected chi connectivity index (χ3v) is 6.42. The summed E-state index contributed by atoms with van der Waals surface area (Å²) in [6, 6.07) is 18.3. The zero-order valence-electron chi connectivity index (χ0n) is 18.1. The van der Waals surface area contributed by atoms with E-state index in [1.54, 1.807) is 17.3 Å². The zero-order chi connectivity index (χ0) is 22.8. The maximum atomic E-state index is 13.3. The van der Waals surface area contributed by atoms with Gasteiger partial charge >= 0.3 is 0 Å². The van der Waals surface area contributed by atoms with Crippen molar-refractivity contribution < 1.29 is 14.3 Å². The van der Waals surface area contributed by atoms with Crippen LogP contribution in [0, 0.1) is 0 Å². The minimum Gasteiger partial charge on any atom is -0.506 e. The van der Waals surface area contributed by atoms with E-state index >= 15 is 0 Å². The smallest absolute Gasteiger partial charge is 0.257 e. The van der Waals surface area contributed by atoms with Crippen LogP contribution >= 0.6 is 11.6 Å². The zero-order valence-corrected chi connectivity index (χ0v) is 18.9. The molecule has 2 aliphatic heterocycles. The van der Waals surface area contributed by atoms with Crippen LogP contribution in [0.4, 0.5) is 5.69 Å². The highest BCUT2D eigenvalue weighted by Crippen LogP contribution is 2.33. The molecule has 33 heavy (non-hydrogen) atoms. The number of aromatic hydroxyl groups is 1. The lowest BCUT2D eigenvalue weighted by molar-refractivity contribution is -0.134. The quantitative estimate of drug-likeness (QED) is 0.614. The first-order chi connectivity index (χ1) is 16.1. The molecule has 1 aromatic heterocycles. The van der Waals surface area contributed by atoms with Gasteiger partial charge in [-0.05, 0) is 42.0 Å². The monoisotopic (exact) mass is 464 g/mol. The first-order valence-electron chi connectivity index (χ1n) is 11.0. The molecule has 7 nitrogen and oxygen atoms in total. The molecule has 0 aliphatic carbocycles. The van der Waals surface area contributed by atoms with Gasteiger partial charge < -0.3 is 14.4 Å². The summed E-state index contributed by atoms with van der Waals surface area (Å²) in [4.78, 5) is 17.6. The summed E-state index contributed by atoms with van der Waals surface area (Å²) >= 11 is 6.03. The number of carbonyl (C=O) groups is 1. The highest BCUT2D eigenvalue weighted by atomic mass is 35.5. The number of anilines is 1. The minimum atomic E-state index is -0.263. The summed E-state index contributed by atoms with van der Waals surface area (Å²) in [7, 11) is 0. The molecule has 1 amide bonds. The number of hydrogen-bond acceptors (Lipinski definition) is 6. The number of hydrazone groups is 1. The van der Waals surface area contributed by atoms with Gasteiger partial charge in [-0.2, -0.15) is 5.10 Å². The van der Waals surface area contributed by atoms with Crippen LogP contribution in [-0.2, 0) is 4.79 Å². The molecule has 0 saturated carbocycles. The van der Waals surface area contributed by atoms with Gasteiger partial charge in [0.2, 0.25) is 0 Å². The van der Waals surface area contributed by atoms with Gasteiger partial charge in [0, 0.05) is 37.6 Å². The lowest BCUT2D eigenvalue weighted by Crippen LogP contribution is -2.49. The molecule has 2 aromatic carbocycles. The van der Waals surface area contributed by atoms with Crippen molar-refractivity contribution in [2.75, 3.05) is 37.6 Å². The average molecular weight is 465 g/mol. The van der Waals surface area contributed by atoms with Gasteiger partial charge in [0.1, 0.15) is 17.6 Å². The predicted molar refractivity (Wildman–Crippen MR) is 128 cm³/mol. The van der Waals surface area contributed by atoms with E-state index in [4.69, 9.17) is 21.1 Å². The van der Waals surface area contributed by atoms with Gasteiger partial charge in [-0.1, -0.05) is 35.9 Å². The second kappa shape index (κ2) is 9.29. The Morgan fingerprint density at radius 3 is 2.48 bits per heavy atom. The molecular formula is C25H25ClN4O3. The summed E-state index contributed by atoms with van der Waals surface area (Å²) in [6.07, 6.45) is 2.21. The fraction of sp³-hybridized carbons (Fsp3) is 0.280. The highest BCUT2D eigenvalue weighted by Gasteiger charge is 2.35. The van der Waals surface area contributed by atoms with E-state index in [0.717, 1.165) is 48.9 Å². The molecule has 5 rings (SSSR count). The number of hydrogen-bond donors (Lipinski definition) is 1. The van der Waals surface area contributed by atoms with Crippen molar-refractivity contribution in [3.63, 3.8) is 0 Å². The van der Waals surface area contributed by atoms with Crippen molar-refractivity contribution in [2.45, 2.75) is 12.5 Å². The van der Waals surface area contributed by atoms with Crippen LogP contribution < -0.4 is 4.90 Å². The molecule has 1 saturated heterocycles. The van der Waals surface area contributed by atoms with E-state index in [0.29, 0.717) is 11.4 Å². The summed E-state index contributed by atoms with van der Waals surface area (Å²) < 4.78 is 5.63. The highest BCUT2D eigenvalue weighted by molar-refractivity contribution is 6.30. The number of para-hydroxylation sites is 2. The topological polar surface area (TPSA) is 72.5 Å². The lowest BCUT2D eigenvalue weighted by atomic mass is 10.0. The van der Waals surface area contributed by atoms with Crippen LogP contribution in [0.5, 0.6) is 5.75 Å². The summed E-state index contributed by atoms with van der Waals surface area (Å²) in [6.45, 7) is 3.22. The van der Waals surface area contributed by atoms with Crippen LogP contribution in [0.3, 0.4) is 0 Å². The van der Waals surface area contributed by atoms with Crippen LogP contribution in [0.15, 0.2) is 76.4 Å². The molecule has 2 aliphatic rings. The van der Waals surface area contributed by atoms with Crippen LogP contribution in [0.2, 0.25) is 5.02 Å². The molecule has 0 bridgehead atoms. The van der Waals surface area contributed by atoms with Crippen molar-refractivity contribution in [2.24, 2.45) is 5.10 Å². The molecule has 8 heteroatoms. The molecule has 1 atom stereocenters. The van der Waals surface area contributed by atoms with Crippen molar-refractivity contribution in [1.29, 1.82) is 0 Å². The van der Waals surface area contributed by atoms with Gasteiger partial charge in [0.25, 0.3) is 5.91 Å². The molecule has 1 fully saturated rings. The number of amides is 1. The molecule has 170 valence electrons. The number of halogens is 1. The molecular weight excluding hydrogens is 440 g/mol. The number of furan rings is 1. The Hall–Kier alpha value is -3.29. The molecule has 0 unspecified atom stereocenters. The van der Waals surface area contributed by atoms with Gasteiger partial charge in [0.05, 0.1) is 24.2 Å². The summed E-state index contributed by atoms with van der Waals surface area (Å²) in [5.74, 6) is 0.946. The maximum Gasteiger partial charge on any atom is 0.257 e. The second-order valence-electron chi connectivity index (χ2n) is 8.28. The number of phenolic OH excluding ortho intramolecular Hbond substituents is 1. The third kappa shape index (κ3) is 4.60. The Balaban J connectivity index is 1.28. The minimum absolute atomic E-state index is 0.0589. The van der Waals surface area contributed by atoms with Gasteiger partial charge in [-0.25, -0.2) is 5.01 Å². The Labute approximate surface area is 197 Å². The van der Waals surface area contributed by atoms with Gasteiger partial charge in [-0.15, -0.1) is 0 Å². The lowest BCUT2D eigenvalue weighted by Gasteiger charge is -2.36. The third-order valence-electron chi connectivity index (χ3n) is 6.17. The van der Waals surface area contributed by atoms with E-state index in [1.807, 2.05) is 54.6 Å². The number of rotatable bonds is 5. The largest absolute Gasteiger partial charge is 0.506 e.